The average molecular weight is 228 g/mol. The zero-order chi connectivity index (χ0) is 11.4. The van der Waals surface area contributed by atoms with Gasteiger partial charge in [0, 0.05) is 32.4 Å². The van der Waals surface area contributed by atoms with E-state index in [0.29, 0.717) is 26.3 Å². The average Bonchev–Trinajstić information content (AvgIpc) is 2.29. The molecule has 2 N–H and O–H groups in total. The Morgan fingerprint density at radius 2 is 2.06 bits per heavy atom. The molecule has 1 amide bonds. The van der Waals surface area contributed by atoms with E-state index in [1.165, 1.54) is 0 Å². The highest BCUT2D eigenvalue weighted by molar-refractivity contribution is 5.69. The van der Waals surface area contributed by atoms with Crippen molar-refractivity contribution in [2.24, 2.45) is 5.73 Å². The van der Waals surface area contributed by atoms with Gasteiger partial charge in [-0.25, -0.2) is 4.79 Å². The molecule has 5 heteroatoms. The maximum atomic E-state index is 11.8. The first-order valence-corrected chi connectivity index (χ1v) is 6.01. The molecular weight excluding hydrogens is 208 g/mol. The molecule has 2 heterocycles. The number of carbonyl (C=O) groups is 1. The Kier molecular flexibility index (Phi) is 3.66. The first-order valence-electron chi connectivity index (χ1n) is 6.01. The number of hydrogen-bond donors (Lipinski definition) is 1. The minimum Gasteiger partial charge on any atom is -0.443 e. The minimum absolute atomic E-state index is 0.179. The van der Waals surface area contributed by atoms with Crippen molar-refractivity contribution in [1.82, 2.24) is 4.90 Å². The predicted octanol–water partition coefficient (Wildman–Crippen LogP) is 0.727. The second-order valence-corrected chi connectivity index (χ2v) is 4.54. The van der Waals surface area contributed by atoms with Crippen molar-refractivity contribution in [2.45, 2.75) is 31.3 Å². The molecule has 0 aromatic carbocycles. The van der Waals surface area contributed by atoms with Gasteiger partial charge in [-0.15, -0.1) is 0 Å². The highest BCUT2D eigenvalue weighted by Crippen LogP contribution is 2.32. The van der Waals surface area contributed by atoms with Gasteiger partial charge in [0.1, 0.15) is 5.60 Å². The molecule has 5 nitrogen and oxygen atoms in total. The second-order valence-electron chi connectivity index (χ2n) is 4.54. The standard InChI is InChI=1S/C11H20N2O3/c12-5-1-6-13-7-2-11(16-10(13)14)3-8-15-9-4-11/h1-9,12H2. The summed E-state index contributed by atoms with van der Waals surface area (Å²) >= 11 is 0. The molecule has 1 spiro atoms. The highest BCUT2D eigenvalue weighted by Gasteiger charge is 2.41. The SMILES string of the molecule is NCCCN1CCC2(CCOCC2)OC1=O. The van der Waals surface area contributed by atoms with Crippen LogP contribution in [0.2, 0.25) is 0 Å². The van der Waals surface area contributed by atoms with E-state index in [1.807, 2.05) is 0 Å². The van der Waals surface area contributed by atoms with Crippen LogP contribution in [0, 0.1) is 0 Å². The third-order valence-electron chi connectivity index (χ3n) is 3.44. The number of ether oxygens (including phenoxy) is 2. The number of carbonyl (C=O) groups excluding carboxylic acids is 1. The number of nitrogens with zero attached hydrogens (tertiary/aromatic N) is 1. The predicted molar refractivity (Wildman–Crippen MR) is 59.1 cm³/mol. The van der Waals surface area contributed by atoms with Crippen LogP contribution in [0.15, 0.2) is 0 Å². The van der Waals surface area contributed by atoms with Crippen molar-refractivity contribution >= 4 is 6.09 Å². The Morgan fingerprint density at radius 1 is 1.31 bits per heavy atom. The van der Waals surface area contributed by atoms with Crippen LogP contribution < -0.4 is 5.73 Å². The molecule has 0 radical (unpaired) electrons. The van der Waals surface area contributed by atoms with Crippen molar-refractivity contribution in [2.75, 3.05) is 32.8 Å². The molecule has 2 fully saturated rings. The van der Waals surface area contributed by atoms with Gasteiger partial charge >= 0.3 is 6.09 Å². The van der Waals surface area contributed by atoms with Crippen LogP contribution in [0.25, 0.3) is 0 Å². The summed E-state index contributed by atoms with van der Waals surface area (Å²) in [6, 6.07) is 0. The Bertz CT molecular complexity index is 252. The van der Waals surface area contributed by atoms with Crippen LogP contribution >= 0.6 is 0 Å². The molecule has 2 aliphatic rings. The molecule has 0 aromatic rings. The first kappa shape index (κ1) is 11.7. The van der Waals surface area contributed by atoms with Gasteiger partial charge in [0.15, 0.2) is 0 Å². The third kappa shape index (κ3) is 2.47. The minimum atomic E-state index is -0.242. The summed E-state index contributed by atoms with van der Waals surface area (Å²) in [5.74, 6) is 0. The molecule has 16 heavy (non-hydrogen) atoms. The molecule has 2 aliphatic heterocycles. The van der Waals surface area contributed by atoms with Crippen molar-refractivity contribution in [3.63, 3.8) is 0 Å². The zero-order valence-electron chi connectivity index (χ0n) is 9.61. The maximum absolute atomic E-state index is 11.8. The molecule has 0 saturated carbocycles. The summed E-state index contributed by atoms with van der Waals surface area (Å²) in [6.07, 6.45) is 3.26. The fourth-order valence-electron chi connectivity index (χ4n) is 2.31. The van der Waals surface area contributed by atoms with Gasteiger partial charge in [0.05, 0.1) is 13.2 Å². The van der Waals surface area contributed by atoms with Gasteiger partial charge in [-0.3, -0.25) is 0 Å². The Hall–Kier alpha value is -0.810. The highest BCUT2D eigenvalue weighted by atomic mass is 16.6. The molecule has 2 rings (SSSR count). The summed E-state index contributed by atoms with van der Waals surface area (Å²) in [6.45, 7) is 3.52. The van der Waals surface area contributed by atoms with E-state index >= 15 is 0 Å². The fourth-order valence-corrected chi connectivity index (χ4v) is 2.31. The van der Waals surface area contributed by atoms with E-state index in [-0.39, 0.29) is 11.7 Å². The lowest BCUT2D eigenvalue weighted by Crippen LogP contribution is -2.52. The number of nitrogens with two attached hydrogens (primary N) is 1. The van der Waals surface area contributed by atoms with Crippen molar-refractivity contribution in [1.29, 1.82) is 0 Å². The van der Waals surface area contributed by atoms with Crippen LogP contribution in [0.5, 0.6) is 0 Å². The van der Waals surface area contributed by atoms with Gasteiger partial charge in [0.25, 0.3) is 0 Å². The van der Waals surface area contributed by atoms with Crippen molar-refractivity contribution in [3.8, 4) is 0 Å². The summed E-state index contributed by atoms with van der Waals surface area (Å²) in [5.41, 5.74) is 5.19. The molecule has 0 bridgehead atoms. The van der Waals surface area contributed by atoms with E-state index in [4.69, 9.17) is 15.2 Å². The number of amides is 1. The molecule has 0 aromatic heterocycles. The maximum Gasteiger partial charge on any atom is 0.410 e. The van der Waals surface area contributed by atoms with Gasteiger partial charge in [-0.05, 0) is 13.0 Å². The molecule has 0 aliphatic carbocycles. The Labute approximate surface area is 95.9 Å². The summed E-state index contributed by atoms with van der Waals surface area (Å²) in [7, 11) is 0. The molecule has 2 saturated heterocycles. The quantitative estimate of drug-likeness (QED) is 0.773. The van der Waals surface area contributed by atoms with Crippen LogP contribution in [0.3, 0.4) is 0 Å². The van der Waals surface area contributed by atoms with E-state index in [0.717, 1.165) is 32.2 Å². The van der Waals surface area contributed by atoms with Crippen LogP contribution in [0.1, 0.15) is 25.7 Å². The first-order chi connectivity index (χ1) is 7.76. The van der Waals surface area contributed by atoms with Crippen LogP contribution in [-0.2, 0) is 9.47 Å². The lowest BCUT2D eigenvalue weighted by molar-refractivity contribution is -0.105. The fraction of sp³-hybridized carbons (Fsp3) is 0.909. The molecule has 0 unspecified atom stereocenters. The van der Waals surface area contributed by atoms with Gasteiger partial charge in [-0.1, -0.05) is 0 Å². The van der Waals surface area contributed by atoms with Crippen molar-refractivity contribution < 1.29 is 14.3 Å². The van der Waals surface area contributed by atoms with Crippen LogP contribution in [0.4, 0.5) is 4.79 Å². The smallest absolute Gasteiger partial charge is 0.410 e. The van der Waals surface area contributed by atoms with E-state index in [2.05, 4.69) is 0 Å². The van der Waals surface area contributed by atoms with E-state index in [1.54, 1.807) is 4.90 Å². The van der Waals surface area contributed by atoms with E-state index in [9.17, 15) is 4.79 Å². The van der Waals surface area contributed by atoms with Crippen molar-refractivity contribution in [3.05, 3.63) is 0 Å². The summed E-state index contributed by atoms with van der Waals surface area (Å²) in [5, 5.41) is 0. The van der Waals surface area contributed by atoms with E-state index < -0.39 is 0 Å². The Morgan fingerprint density at radius 3 is 2.69 bits per heavy atom. The van der Waals surface area contributed by atoms with Gasteiger partial charge in [0.2, 0.25) is 0 Å². The number of rotatable bonds is 3. The monoisotopic (exact) mass is 228 g/mol. The second kappa shape index (κ2) is 5.01. The molecule has 0 atom stereocenters. The largest absolute Gasteiger partial charge is 0.443 e. The van der Waals surface area contributed by atoms with Gasteiger partial charge < -0.3 is 20.1 Å². The molecule has 92 valence electrons. The zero-order valence-corrected chi connectivity index (χ0v) is 9.61. The lowest BCUT2D eigenvalue weighted by atomic mass is 9.89. The lowest BCUT2D eigenvalue weighted by Gasteiger charge is -2.43. The third-order valence-corrected chi connectivity index (χ3v) is 3.44. The Balaban J connectivity index is 1.88. The summed E-state index contributed by atoms with van der Waals surface area (Å²) in [4.78, 5) is 13.6. The topological polar surface area (TPSA) is 64.8 Å². The molecular formula is C11H20N2O3. The normalized spacial score (nSPS) is 24.6. The van der Waals surface area contributed by atoms with Crippen LogP contribution in [-0.4, -0.2) is 49.4 Å². The summed E-state index contributed by atoms with van der Waals surface area (Å²) < 4.78 is 10.9. The number of hydrogen-bond acceptors (Lipinski definition) is 4. The van der Waals surface area contributed by atoms with Gasteiger partial charge in [-0.2, -0.15) is 0 Å².